The molecule has 0 bridgehead atoms. The van der Waals surface area contributed by atoms with Gasteiger partial charge in [0.25, 0.3) is 0 Å². The molecule has 0 saturated carbocycles. The molecule has 1 saturated heterocycles. The Morgan fingerprint density at radius 3 is 2.95 bits per heavy atom. The first-order chi connectivity index (χ1) is 10.6. The molecule has 0 spiro atoms. The van der Waals surface area contributed by atoms with Gasteiger partial charge < -0.3 is 20.1 Å². The number of carboxylic acids is 1. The number of hydrogen-bond acceptors (Lipinski definition) is 3. The molecule has 1 aromatic carbocycles. The summed E-state index contributed by atoms with van der Waals surface area (Å²) in [5.41, 5.74) is 1.82. The lowest BCUT2D eigenvalue weighted by Gasteiger charge is -2.17. The van der Waals surface area contributed by atoms with Crippen molar-refractivity contribution in [1.82, 2.24) is 10.3 Å². The molecule has 0 radical (unpaired) electrons. The predicted molar refractivity (Wildman–Crippen MR) is 80.5 cm³/mol. The SMILES string of the molecule is O=C(O)[C@H](Cc1c[nH]c2ccccc12)NC(=O)[C@@H]1CCCO1. The highest BCUT2D eigenvalue weighted by atomic mass is 16.5. The number of benzene rings is 1. The maximum atomic E-state index is 12.0. The number of hydrogen-bond donors (Lipinski definition) is 3. The third kappa shape index (κ3) is 2.96. The first-order valence-electron chi connectivity index (χ1n) is 7.35. The van der Waals surface area contributed by atoms with E-state index in [1.165, 1.54) is 0 Å². The molecule has 0 aliphatic carbocycles. The number of carboxylic acid groups (broad SMARTS) is 1. The van der Waals surface area contributed by atoms with Gasteiger partial charge in [-0.25, -0.2) is 4.79 Å². The average molecular weight is 302 g/mol. The number of amides is 1. The number of H-pyrrole nitrogens is 1. The minimum atomic E-state index is -1.04. The summed E-state index contributed by atoms with van der Waals surface area (Å²) in [6.45, 7) is 0.554. The Morgan fingerprint density at radius 1 is 1.41 bits per heavy atom. The average Bonchev–Trinajstić information content (AvgIpc) is 3.16. The first kappa shape index (κ1) is 14.6. The predicted octanol–water partition coefficient (Wildman–Crippen LogP) is 1.46. The Labute approximate surface area is 127 Å². The van der Waals surface area contributed by atoms with Gasteiger partial charge in [-0.1, -0.05) is 18.2 Å². The quantitative estimate of drug-likeness (QED) is 0.779. The van der Waals surface area contributed by atoms with Crippen LogP contribution in [0.1, 0.15) is 18.4 Å². The Bertz CT molecular complexity index is 688. The molecule has 2 heterocycles. The van der Waals surface area contributed by atoms with Crippen LogP contribution in [0.3, 0.4) is 0 Å². The number of nitrogens with one attached hydrogen (secondary N) is 2. The smallest absolute Gasteiger partial charge is 0.326 e. The highest BCUT2D eigenvalue weighted by Crippen LogP contribution is 2.19. The van der Waals surface area contributed by atoms with E-state index in [-0.39, 0.29) is 12.3 Å². The summed E-state index contributed by atoms with van der Waals surface area (Å²) in [6.07, 6.45) is 2.98. The van der Waals surface area contributed by atoms with Crippen molar-refractivity contribution in [2.45, 2.75) is 31.4 Å². The highest BCUT2D eigenvalue weighted by Gasteiger charge is 2.28. The number of rotatable bonds is 5. The molecule has 2 atom stereocenters. The van der Waals surface area contributed by atoms with Crippen LogP contribution in [0.15, 0.2) is 30.5 Å². The molecule has 6 nitrogen and oxygen atoms in total. The molecule has 1 aliphatic heterocycles. The zero-order valence-corrected chi connectivity index (χ0v) is 12.0. The van der Waals surface area contributed by atoms with Crippen molar-refractivity contribution < 1.29 is 19.4 Å². The number of aromatic nitrogens is 1. The summed E-state index contributed by atoms with van der Waals surface area (Å²) in [5, 5.41) is 12.9. The second kappa shape index (κ2) is 6.19. The van der Waals surface area contributed by atoms with E-state index in [0.29, 0.717) is 13.0 Å². The van der Waals surface area contributed by atoms with E-state index in [2.05, 4.69) is 10.3 Å². The maximum absolute atomic E-state index is 12.0. The lowest BCUT2D eigenvalue weighted by atomic mass is 10.0. The maximum Gasteiger partial charge on any atom is 0.326 e. The topological polar surface area (TPSA) is 91.4 Å². The molecule has 1 aliphatic rings. The number of ether oxygens (including phenoxy) is 1. The Morgan fingerprint density at radius 2 is 2.23 bits per heavy atom. The summed E-state index contributed by atoms with van der Waals surface area (Å²) >= 11 is 0. The minimum Gasteiger partial charge on any atom is -0.480 e. The van der Waals surface area contributed by atoms with E-state index in [0.717, 1.165) is 22.9 Å². The molecule has 2 aromatic rings. The monoisotopic (exact) mass is 302 g/mol. The Kier molecular flexibility index (Phi) is 4.11. The molecule has 22 heavy (non-hydrogen) atoms. The lowest BCUT2D eigenvalue weighted by Crippen LogP contribution is -2.46. The Balaban J connectivity index is 1.74. The second-order valence-corrected chi connectivity index (χ2v) is 5.46. The zero-order valence-electron chi connectivity index (χ0n) is 12.0. The van der Waals surface area contributed by atoms with Crippen molar-refractivity contribution in [1.29, 1.82) is 0 Å². The number of carbonyl (C=O) groups is 2. The molecule has 3 N–H and O–H groups in total. The fourth-order valence-corrected chi connectivity index (χ4v) is 2.77. The third-order valence-electron chi connectivity index (χ3n) is 3.94. The standard InChI is InChI=1S/C16H18N2O4/c19-15(14-6-3-7-22-14)18-13(16(20)21)8-10-9-17-12-5-2-1-4-11(10)12/h1-2,4-5,9,13-14,17H,3,6-8H2,(H,18,19)(H,20,21)/t13-,14-/m0/s1. The van der Waals surface area contributed by atoms with Gasteiger partial charge in [-0.2, -0.15) is 0 Å². The van der Waals surface area contributed by atoms with Crippen molar-refractivity contribution in [3.8, 4) is 0 Å². The molecule has 1 amide bonds. The van der Waals surface area contributed by atoms with Gasteiger partial charge in [0.15, 0.2) is 0 Å². The summed E-state index contributed by atoms with van der Waals surface area (Å²) in [7, 11) is 0. The second-order valence-electron chi connectivity index (χ2n) is 5.46. The van der Waals surface area contributed by atoms with Gasteiger partial charge in [0.05, 0.1) is 0 Å². The fraction of sp³-hybridized carbons (Fsp3) is 0.375. The number of aliphatic carboxylic acids is 1. The fourth-order valence-electron chi connectivity index (χ4n) is 2.77. The van der Waals surface area contributed by atoms with Gasteiger partial charge in [0.2, 0.25) is 5.91 Å². The van der Waals surface area contributed by atoms with Gasteiger partial charge in [-0.3, -0.25) is 4.79 Å². The normalized spacial score (nSPS) is 19.2. The lowest BCUT2D eigenvalue weighted by molar-refractivity contribution is -0.143. The molecule has 3 rings (SSSR count). The van der Waals surface area contributed by atoms with Crippen LogP contribution in [0.5, 0.6) is 0 Å². The molecule has 116 valence electrons. The van der Waals surface area contributed by atoms with E-state index < -0.39 is 18.1 Å². The number of carbonyl (C=O) groups excluding carboxylic acids is 1. The van der Waals surface area contributed by atoms with E-state index in [9.17, 15) is 14.7 Å². The summed E-state index contributed by atoms with van der Waals surface area (Å²) in [6, 6.07) is 6.72. The Hall–Kier alpha value is -2.34. The van der Waals surface area contributed by atoms with Crippen molar-refractivity contribution in [2.24, 2.45) is 0 Å². The van der Waals surface area contributed by atoms with Crippen molar-refractivity contribution in [3.63, 3.8) is 0 Å². The van der Waals surface area contributed by atoms with Crippen LogP contribution < -0.4 is 5.32 Å². The van der Waals surface area contributed by atoms with E-state index in [4.69, 9.17) is 4.74 Å². The molecule has 1 aromatic heterocycles. The largest absolute Gasteiger partial charge is 0.480 e. The molecule has 0 unspecified atom stereocenters. The number of fused-ring (bicyclic) bond motifs is 1. The van der Waals surface area contributed by atoms with Gasteiger partial charge in [-0.15, -0.1) is 0 Å². The van der Waals surface area contributed by atoms with Gasteiger partial charge in [0, 0.05) is 30.1 Å². The van der Waals surface area contributed by atoms with Crippen LogP contribution in [0.4, 0.5) is 0 Å². The van der Waals surface area contributed by atoms with Crippen molar-refractivity contribution >= 4 is 22.8 Å². The summed E-state index contributed by atoms with van der Waals surface area (Å²) in [5.74, 6) is -1.39. The van der Waals surface area contributed by atoms with Crippen LogP contribution >= 0.6 is 0 Å². The molecule has 1 fully saturated rings. The highest BCUT2D eigenvalue weighted by molar-refractivity contribution is 5.88. The van der Waals surface area contributed by atoms with Crippen molar-refractivity contribution in [3.05, 3.63) is 36.0 Å². The van der Waals surface area contributed by atoms with E-state index in [1.807, 2.05) is 24.3 Å². The van der Waals surface area contributed by atoms with Crippen molar-refractivity contribution in [2.75, 3.05) is 6.61 Å². The molecular formula is C16H18N2O4. The first-order valence-corrected chi connectivity index (χ1v) is 7.35. The summed E-state index contributed by atoms with van der Waals surface area (Å²) in [4.78, 5) is 26.6. The summed E-state index contributed by atoms with van der Waals surface area (Å²) < 4.78 is 5.29. The van der Waals surface area contributed by atoms with Crippen LogP contribution in [0.2, 0.25) is 0 Å². The minimum absolute atomic E-state index is 0.234. The van der Waals surface area contributed by atoms with Crippen LogP contribution in [0, 0.1) is 0 Å². The van der Waals surface area contributed by atoms with Gasteiger partial charge in [-0.05, 0) is 24.5 Å². The van der Waals surface area contributed by atoms with E-state index >= 15 is 0 Å². The van der Waals surface area contributed by atoms with Gasteiger partial charge in [0.1, 0.15) is 12.1 Å². The number of aromatic amines is 1. The molecule has 6 heteroatoms. The van der Waals surface area contributed by atoms with Crippen LogP contribution in [-0.2, 0) is 20.7 Å². The zero-order chi connectivity index (χ0) is 15.5. The number of para-hydroxylation sites is 1. The van der Waals surface area contributed by atoms with Crippen LogP contribution in [0.25, 0.3) is 10.9 Å². The van der Waals surface area contributed by atoms with Gasteiger partial charge >= 0.3 is 5.97 Å². The van der Waals surface area contributed by atoms with Crippen LogP contribution in [-0.4, -0.2) is 40.7 Å². The molecular weight excluding hydrogens is 284 g/mol. The van der Waals surface area contributed by atoms with E-state index in [1.54, 1.807) is 6.20 Å². The third-order valence-corrected chi connectivity index (χ3v) is 3.94.